The number of amides is 1. The van der Waals surface area contributed by atoms with Crippen molar-refractivity contribution in [2.45, 2.75) is 26.3 Å². The number of hydrogen-bond acceptors (Lipinski definition) is 4. The Labute approximate surface area is 187 Å². The van der Waals surface area contributed by atoms with Crippen molar-refractivity contribution in [1.82, 2.24) is 9.80 Å². The van der Waals surface area contributed by atoms with Crippen molar-refractivity contribution in [1.29, 1.82) is 0 Å². The average Bonchev–Trinajstić information content (AvgIpc) is 3.16. The molecule has 0 N–H and O–H groups in total. The Morgan fingerprint density at radius 3 is 2.55 bits per heavy atom. The van der Waals surface area contributed by atoms with Gasteiger partial charge in [-0.3, -0.25) is 9.69 Å². The van der Waals surface area contributed by atoms with E-state index in [-0.39, 0.29) is 12.5 Å². The molecule has 2 aromatic rings. The molecule has 2 unspecified atom stereocenters. The minimum Gasteiger partial charge on any atom is -0.497 e. The first-order valence-electron chi connectivity index (χ1n) is 11.2. The summed E-state index contributed by atoms with van der Waals surface area (Å²) in [4.78, 5) is 17.3. The molecule has 168 valence electrons. The lowest BCUT2D eigenvalue weighted by Crippen LogP contribution is -2.41. The second-order valence-electron chi connectivity index (χ2n) is 8.95. The van der Waals surface area contributed by atoms with Crippen LogP contribution in [0.2, 0.25) is 0 Å². The van der Waals surface area contributed by atoms with Gasteiger partial charge in [0.2, 0.25) is 5.91 Å². The van der Waals surface area contributed by atoms with Crippen LogP contribution in [0.15, 0.2) is 54.6 Å². The predicted octanol–water partition coefficient (Wildman–Crippen LogP) is 4.04. The molecule has 0 aromatic heterocycles. The van der Waals surface area contributed by atoms with Crippen LogP contribution >= 0.6 is 0 Å². The number of carbonyl (C=O) groups excluding carboxylic acids is 1. The van der Waals surface area contributed by atoms with E-state index in [0.29, 0.717) is 17.8 Å². The summed E-state index contributed by atoms with van der Waals surface area (Å²) >= 11 is 0. The van der Waals surface area contributed by atoms with Crippen LogP contribution in [0.25, 0.3) is 0 Å². The van der Waals surface area contributed by atoms with E-state index in [9.17, 15) is 4.79 Å². The van der Waals surface area contributed by atoms with E-state index in [1.54, 1.807) is 14.2 Å². The molecule has 0 aliphatic carbocycles. The standard InChI is InChI=1S/C26H36N2O3/c1-20(2)14-28(26(29)19-30-3)17-23-16-27(15-21-9-6-5-7-10-21)18-25(23)22-11-8-12-24(13-22)31-4/h5-13,20,23,25H,14-19H2,1-4H3. The lowest BCUT2D eigenvalue weighted by Gasteiger charge is -2.30. The number of hydrogen-bond donors (Lipinski definition) is 0. The highest BCUT2D eigenvalue weighted by Gasteiger charge is 2.36. The minimum absolute atomic E-state index is 0.0714. The van der Waals surface area contributed by atoms with Gasteiger partial charge in [0.05, 0.1) is 7.11 Å². The monoisotopic (exact) mass is 424 g/mol. The van der Waals surface area contributed by atoms with E-state index in [1.807, 2.05) is 11.0 Å². The molecule has 5 heteroatoms. The zero-order chi connectivity index (χ0) is 22.2. The maximum atomic E-state index is 12.7. The third-order valence-corrected chi connectivity index (χ3v) is 5.95. The number of nitrogens with zero attached hydrogens (tertiary/aromatic N) is 2. The summed E-state index contributed by atoms with van der Waals surface area (Å²) in [6, 6.07) is 19.0. The number of carbonyl (C=O) groups is 1. The van der Waals surface area contributed by atoms with Crippen molar-refractivity contribution in [3.05, 3.63) is 65.7 Å². The second kappa shape index (κ2) is 11.3. The zero-order valence-corrected chi connectivity index (χ0v) is 19.3. The normalized spacial score (nSPS) is 19.0. The first-order chi connectivity index (χ1) is 15.0. The van der Waals surface area contributed by atoms with E-state index in [2.05, 4.69) is 67.3 Å². The maximum Gasteiger partial charge on any atom is 0.248 e. The maximum absolute atomic E-state index is 12.7. The molecule has 0 spiro atoms. The summed E-state index contributed by atoms with van der Waals surface area (Å²) in [6.07, 6.45) is 0. The number of ether oxygens (including phenoxy) is 2. The number of methoxy groups -OCH3 is 2. The molecular formula is C26H36N2O3. The molecule has 0 radical (unpaired) electrons. The molecule has 2 aromatic carbocycles. The molecule has 3 rings (SSSR count). The first kappa shape index (κ1) is 23.3. The fraction of sp³-hybridized carbons (Fsp3) is 0.500. The third-order valence-electron chi connectivity index (χ3n) is 5.95. The van der Waals surface area contributed by atoms with Crippen molar-refractivity contribution in [2.24, 2.45) is 11.8 Å². The van der Waals surface area contributed by atoms with Crippen LogP contribution in [0.3, 0.4) is 0 Å². The van der Waals surface area contributed by atoms with Crippen LogP contribution in [0.4, 0.5) is 0 Å². The summed E-state index contributed by atoms with van der Waals surface area (Å²) in [6.45, 7) is 8.80. The van der Waals surface area contributed by atoms with Gasteiger partial charge in [0.25, 0.3) is 0 Å². The van der Waals surface area contributed by atoms with Gasteiger partial charge in [0.1, 0.15) is 12.4 Å². The molecule has 5 nitrogen and oxygen atoms in total. The number of rotatable bonds is 10. The Balaban J connectivity index is 1.82. The molecule has 1 heterocycles. The van der Waals surface area contributed by atoms with Gasteiger partial charge in [-0.05, 0) is 35.1 Å². The van der Waals surface area contributed by atoms with Crippen LogP contribution in [0, 0.1) is 11.8 Å². The fourth-order valence-corrected chi connectivity index (χ4v) is 4.58. The van der Waals surface area contributed by atoms with Crippen LogP contribution in [-0.2, 0) is 16.1 Å². The molecule has 1 aliphatic rings. The van der Waals surface area contributed by atoms with Crippen molar-refractivity contribution < 1.29 is 14.3 Å². The molecule has 1 amide bonds. The SMILES string of the molecule is COCC(=O)N(CC(C)C)CC1CN(Cc2ccccc2)CC1c1cccc(OC)c1. The van der Waals surface area contributed by atoms with Crippen LogP contribution in [-0.4, -0.2) is 62.7 Å². The summed E-state index contributed by atoms with van der Waals surface area (Å²) in [7, 11) is 3.29. The van der Waals surface area contributed by atoms with Gasteiger partial charge in [-0.25, -0.2) is 0 Å². The second-order valence-corrected chi connectivity index (χ2v) is 8.95. The number of benzene rings is 2. The molecular weight excluding hydrogens is 388 g/mol. The third kappa shape index (κ3) is 6.55. The van der Waals surface area contributed by atoms with Crippen molar-refractivity contribution >= 4 is 5.91 Å². The topological polar surface area (TPSA) is 42.0 Å². The molecule has 1 fully saturated rings. The summed E-state index contributed by atoms with van der Waals surface area (Å²) in [5.74, 6) is 2.08. The van der Waals surface area contributed by atoms with E-state index < -0.39 is 0 Å². The zero-order valence-electron chi connectivity index (χ0n) is 19.3. The lowest BCUT2D eigenvalue weighted by molar-refractivity contribution is -0.136. The van der Waals surface area contributed by atoms with Crippen LogP contribution in [0.5, 0.6) is 5.75 Å². The number of likely N-dealkylation sites (tertiary alicyclic amines) is 1. The minimum atomic E-state index is 0.0714. The van der Waals surface area contributed by atoms with Crippen LogP contribution in [0.1, 0.15) is 30.9 Å². The van der Waals surface area contributed by atoms with Crippen molar-refractivity contribution in [2.75, 3.05) is 47.0 Å². The fourth-order valence-electron chi connectivity index (χ4n) is 4.58. The van der Waals surface area contributed by atoms with Gasteiger partial charge in [-0.1, -0.05) is 56.3 Å². The van der Waals surface area contributed by atoms with Gasteiger partial charge >= 0.3 is 0 Å². The smallest absolute Gasteiger partial charge is 0.248 e. The Morgan fingerprint density at radius 1 is 1.10 bits per heavy atom. The van der Waals surface area contributed by atoms with Gasteiger partial charge in [0.15, 0.2) is 0 Å². The highest BCUT2D eigenvalue weighted by Crippen LogP contribution is 2.35. The molecule has 0 bridgehead atoms. The Hall–Kier alpha value is -2.37. The van der Waals surface area contributed by atoms with E-state index >= 15 is 0 Å². The Bertz CT molecular complexity index is 824. The molecule has 2 atom stereocenters. The molecule has 31 heavy (non-hydrogen) atoms. The quantitative estimate of drug-likeness (QED) is 0.577. The Kier molecular flexibility index (Phi) is 8.50. The van der Waals surface area contributed by atoms with Gasteiger partial charge in [-0.2, -0.15) is 0 Å². The predicted molar refractivity (Wildman–Crippen MR) is 124 cm³/mol. The Morgan fingerprint density at radius 2 is 1.87 bits per heavy atom. The molecule has 1 aliphatic heterocycles. The largest absolute Gasteiger partial charge is 0.497 e. The first-order valence-corrected chi connectivity index (χ1v) is 11.2. The average molecular weight is 425 g/mol. The highest BCUT2D eigenvalue weighted by molar-refractivity contribution is 5.77. The van der Waals surface area contributed by atoms with Crippen molar-refractivity contribution in [3.63, 3.8) is 0 Å². The lowest BCUT2D eigenvalue weighted by atomic mass is 9.88. The highest BCUT2D eigenvalue weighted by atomic mass is 16.5. The van der Waals surface area contributed by atoms with Gasteiger partial charge < -0.3 is 14.4 Å². The van der Waals surface area contributed by atoms with Crippen LogP contribution < -0.4 is 4.74 Å². The summed E-state index contributed by atoms with van der Waals surface area (Å²) in [5.41, 5.74) is 2.60. The summed E-state index contributed by atoms with van der Waals surface area (Å²) in [5, 5.41) is 0. The van der Waals surface area contributed by atoms with E-state index in [4.69, 9.17) is 9.47 Å². The van der Waals surface area contributed by atoms with E-state index in [1.165, 1.54) is 11.1 Å². The van der Waals surface area contributed by atoms with Gasteiger partial charge in [0, 0.05) is 45.8 Å². The molecule has 0 saturated carbocycles. The molecule has 1 saturated heterocycles. The van der Waals surface area contributed by atoms with E-state index in [0.717, 1.165) is 38.5 Å². The van der Waals surface area contributed by atoms with Gasteiger partial charge in [-0.15, -0.1) is 0 Å². The summed E-state index contributed by atoms with van der Waals surface area (Å²) < 4.78 is 10.6. The van der Waals surface area contributed by atoms with Crippen molar-refractivity contribution in [3.8, 4) is 5.75 Å².